The van der Waals surface area contributed by atoms with Gasteiger partial charge in [0, 0.05) is 21.0 Å². The molecule has 0 saturated heterocycles. The highest BCUT2D eigenvalue weighted by Gasteiger charge is 2.20. The van der Waals surface area contributed by atoms with Gasteiger partial charge in [-0.25, -0.2) is 4.79 Å². The predicted octanol–water partition coefficient (Wildman–Crippen LogP) is 4.10. The van der Waals surface area contributed by atoms with Crippen molar-refractivity contribution in [3.63, 3.8) is 0 Å². The van der Waals surface area contributed by atoms with E-state index in [-0.39, 0.29) is 5.97 Å². The van der Waals surface area contributed by atoms with E-state index in [1.807, 2.05) is 13.0 Å². The third-order valence-electron chi connectivity index (χ3n) is 3.59. The highest BCUT2D eigenvalue weighted by atomic mass is 32.1. The van der Waals surface area contributed by atoms with Crippen molar-refractivity contribution in [3.05, 3.63) is 29.1 Å². The minimum Gasteiger partial charge on any atom is -0.462 e. The Balaban J connectivity index is 2.18. The van der Waals surface area contributed by atoms with Crippen LogP contribution in [0.4, 0.5) is 0 Å². The van der Waals surface area contributed by atoms with Gasteiger partial charge in [-0.1, -0.05) is 19.6 Å². The van der Waals surface area contributed by atoms with Crippen LogP contribution in [0.25, 0.3) is 21.0 Å². The van der Waals surface area contributed by atoms with E-state index in [1.165, 1.54) is 22.0 Å². The van der Waals surface area contributed by atoms with E-state index in [1.54, 1.807) is 0 Å². The molecule has 1 N–H and O–H groups in total. The van der Waals surface area contributed by atoms with Crippen LogP contribution in [0.2, 0.25) is 19.6 Å². The maximum atomic E-state index is 11.9. The molecule has 0 unspecified atom stereocenters. The second-order valence-corrected chi connectivity index (χ2v) is 12.3. The Labute approximate surface area is 128 Å². The minimum atomic E-state index is -1.38. The second kappa shape index (κ2) is 5.00. The zero-order chi connectivity index (χ0) is 15.2. The van der Waals surface area contributed by atoms with Gasteiger partial charge in [-0.05, 0) is 36.5 Å². The van der Waals surface area contributed by atoms with E-state index in [9.17, 15) is 4.79 Å². The third kappa shape index (κ3) is 2.51. The van der Waals surface area contributed by atoms with E-state index in [0.717, 1.165) is 15.6 Å². The molecule has 0 fully saturated rings. The Kier molecular flexibility index (Phi) is 3.41. The fourth-order valence-corrected chi connectivity index (χ4v) is 4.49. The lowest BCUT2D eigenvalue weighted by Gasteiger charge is -2.12. The first-order chi connectivity index (χ1) is 9.90. The van der Waals surface area contributed by atoms with Crippen LogP contribution < -0.4 is 5.32 Å². The van der Waals surface area contributed by atoms with Crippen molar-refractivity contribution in [3.8, 4) is 0 Å². The number of aromatic nitrogens is 1. The van der Waals surface area contributed by atoms with Crippen molar-refractivity contribution < 1.29 is 9.53 Å². The molecule has 21 heavy (non-hydrogen) atoms. The lowest BCUT2D eigenvalue weighted by molar-refractivity contribution is 0.0532. The van der Waals surface area contributed by atoms with E-state index < -0.39 is 8.07 Å². The molecule has 0 bridgehead atoms. The molecule has 110 valence electrons. The Bertz CT molecular complexity index is 826. The highest BCUT2D eigenvalue weighted by molar-refractivity contribution is 7.20. The third-order valence-corrected chi connectivity index (χ3v) is 6.55. The maximum absolute atomic E-state index is 11.9. The summed E-state index contributed by atoms with van der Waals surface area (Å²) in [5, 5.41) is 3.69. The molecule has 0 saturated carbocycles. The van der Waals surface area contributed by atoms with Gasteiger partial charge in [0.25, 0.3) is 0 Å². The van der Waals surface area contributed by atoms with E-state index in [4.69, 9.17) is 4.74 Å². The molecule has 0 aliphatic heterocycles. The summed E-state index contributed by atoms with van der Waals surface area (Å²) >= 11 is 1.50. The summed E-state index contributed by atoms with van der Waals surface area (Å²) in [4.78, 5) is 16.1. The smallest absolute Gasteiger partial charge is 0.348 e. The van der Waals surface area contributed by atoms with Gasteiger partial charge in [-0.2, -0.15) is 0 Å². The Morgan fingerprint density at radius 3 is 2.67 bits per heavy atom. The van der Waals surface area contributed by atoms with Crippen molar-refractivity contribution in [2.75, 3.05) is 6.61 Å². The fraction of sp³-hybridized carbons (Fsp3) is 0.312. The molecule has 2 aromatic heterocycles. The molecule has 0 aliphatic rings. The minimum absolute atomic E-state index is 0.229. The van der Waals surface area contributed by atoms with Crippen molar-refractivity contribution in [2.24, 2.45) is 0 Å². The monoisotopic (exact) mass is 317 g/mol. The summed E-state index contributed by atoms with van der Waals surface area (Å²) in [6.45, 7) is 9.22. The molecule has 1 aromatic carbocycles. The van der Waals surface area contributed by atoms with E-state index in [2.05, 4.69) is 42.8 Å². The number of fused-ring (bicyclic) bond motifs is 3. The number of ether oxygens (including phenoxy) is 1. The van der Waals surface area contributed by atoms with Gasteiger partial charge >= 0.3 is 5.97 Å². The van der Waals surface area contributed by atoms with Gasteiger partial charge < -0.3 is 9.72 Å². The number of esters is 1. The number of hydrogen-bond donors (Lipinski definition) is 1. The SMILES string of the molecule is CCOC(=O)c1cc2c(ccc3[nH]c([Si](C)(C)C)cc32)s1. The van der Waals surface area contributed by atoms with Crippen molar-refractivity contribution >= 4 is 51.7 Å². The number of nitrogens with one attached hydrogen (secondary N) is 1. The quantitative estimate of drug-likeness (QED) is 0.583. The molecule has 0 spiro atoms. The van der Waals surface area contributed by atoms with E-state index >= 15 is 0 Å². The van der Waals surface area contributed by atoms with Crippen molar-refractivity contribution in [1.82, 2.24) is 4.98 Å². The summed E-state index contributed by atoms with van der Waals surface area (Å²) in [6.07, 6.45) is 0. The van der Waals surface area contributed by atoms with Gasteiger partial charge in [0.1, 0.15) is 4.88 Å². The molecular weight excluding hydrogens is 298 g/mol. The number of carbonyl (C=O) groups excluding carboxylic acids is 1. The largest absolute Gasteiger partial charge is 0.462 e. The lowest BCUT2D eigenvalue weighted by atomic mass is 10.2. The molecule has 0 radical (unpaired) electrons. The van der Waals surface area contributed by atoms with Crippen LogP contribution in [0.5, 0.6) is 0 Å². The molecule has 0 aliphatic carbocycles. The lowest BCUT2D eigenvalue weighted by Crippen LogP contribution is -2.38. The second-order valence-electron chi connectivity index (χ2n) is 6.20. The molecule has 2 heterocycles. The van der Waals surface area contributed by atoms with Crippen LogP contribution in [0.15, 0.2) is 24.3 Å². The maximum Gasteiger partial charge on any atom is 0.348 e. The fourth-order valence-electron chi connectivity index (χ4n) is 2.43. The predicted molar refractivity (Wildman–Crippen MR) is 92.6 cm³/mol. The Morgan fingerprint density at radius 2 is 2.00 bits per heavy atom. The van der Waals surface area contributed by atoms with Crippen LogP contribution in [-0.4, -0.2) is 25.6 Å². The van der Waals surface area contributed by atoms with Gasteiger partial charge in [0.2, 0.25) is 0 Å². The van der Waals surface area contributed by atoms with Crippen molar-refractivity contribution in [1.29, 1.82) is 0 Å². The summed E-state index contributed by atoms with van der Waals surface area (Å²) in [5.41, 5.74) is 1.15. The van der Waals surface area contributed by atoms with E-state index in [0.29, 0.717) is 11.5 Å². The van der Waals surface area contributed by atoms with Gasteiger partial charge in [-0.3, -0.25) is 0 Å². The van der Waals surface area contributed by atoms with Crippen LogP contribution >= 0.6 is 11.3 Å². The Hall–Kier alpha value is -1.59. The summed E-state index contributed by atoms with van der Waals surface area (Å²) in [5.74, 6) is -0.229. The first kappa shape index (κ1) is 14.3. The molecule has 3 aromatic rings. The summed E-state index contributed by atoms with van der Waals surface area (Å²) < 4.78 is 6.23. The topological polar surface area (TPSA) is 42.1 Å². The molecule has 0 amide bonds. The molecule has 3 rings (SSSR count). The van der Waals surface area contributed by atoms with Crippen LogP contribution in [0.1, 0.15) is 16.6 Å². The Morgan fingerprint density at radius 1 is 1.24 bits per heavy atom. The van der Waals surface area contributed by atoms with Gasteiger partial charge in [0.05, 0.1) is 14.7 Å². The van der Waals surface area contributed by atoms with Gasteiger partial charge in [-0.15, -0.1) is 11.3 Å². The first-order valence-electron chi connectivity index (χ1n) is 7.13. The number of thiophene rings is 1. The molecule has 3 nitrogen and oxygen atoms in total. The highest BCUT2D eigenvalue weighted by Crippen LogP contribution is 2.32. The standard InChI is InChI=1S/C16H19NO2SSi/c1-5-19-16(18)14-8-11-10-9-15(21(2,3)4)17-12(10)6-7-13(11)20-14/h6-9,17H,5H2,1-4H3. The average molecular weight is 317 g/mol. The zero-order valence-corrected chi connectivity index (χ0v) is 14.6. The molecule has 5 heteroatoms. The van der Waals surface area contributed by atoms with Crippen LogP contribution in [0, 0.1) is 0 Å². The number of rotatable bonds is 3. The summed E-state index contributed by atoms with van der Waals surface area (Å²) in [6, 6.07) is 8.40. The van der Waals surface area contributed by atoms with Crippen LogP contribution in [0.3, 0.4) is 0 Å². The summed E-state index contributed by atoms with van der Waals surface area (Å²) in [7, 11) is -1.38. The number of carbonyl (C=O) groups is 1. The average Bonchev–Trinajstić information content (AvgIpc) is 3.01. The number of aromatic amines is 1. The van der Waals surface area contributed by atoms with Crippen molar-refractivity contribution in [2.45, 2.75) is 26.6 Å². The number of benzene rings is 1. The zero-order valence-electron chi connectivity index (χ0n) is 12.7. The number of hydrogen-bond acceptors (Lipinski definition) is 3. The first-order valence-corrected chi connectivity index (χ1v) is 11.4. The molecule has 0 atom stereocenters. The van der Waals surface area contributed by atoms with Gasteiger partial charge in [0.15, 0.2) is 0 Å². The molecular formula is C16H19NO2SSi. The normalized spacial score (nSPS) is 12.2. The van der Waals surface area contributed by atoms with Crippen LogP contribution in [-0.2, 0) is 4.74 Å². The number of H-pyrrole nitrogens is 1.